The molecule has 1 amide bonds. The highest BCUT2D eigenvalue weighted by Gasteiger charge is 2.35. The molecule has 1 aromatic carbocycles. The zero-order chi connectivity index (χ0) is 24.1. The molecule has 2 aromatic rings. The fourth-order valence-electron chi connectivity index (χ4n) is 4.28. The van der Waals surface area contributed by atoms with Crippen molar-refractivity contribution in [2.24, 2.45) is 0 Å². The molecular weight excluding hydrogens is 458 g/mol. The summed E-state index contributed by atoms with van der Waals surface area (Å²) in [6, 6.07) is 7.35. The molecule has 0 unspecified atom stereocenters. The standard InChI is InChI=1S/C23H33N5O3S2/c1-4-7-14-28-20-11-10-18(33(30,31)27(5-2)6-3)15-19(20)25-22(28)32-16-21(29)26-23(17-24)12-8-9-13-23/h10-11,15H,4-9,12-14,16H2,1-3H3,(H,26,29). The molecule has 1 heterocycles. The van der Waals surface area contributed by atoms with E-state index < -0.39 is 15.6 Å². The Morgan fingerprint density at radius 2 is 1.97 bits per heavy atom. The minimum atomic E-state index is -3.58. The number of imidazole rings is 1. The molecule has 0 saturated heterocycles. The Kier molecular flexibility index (Phi) is 8.43. The van der Waals surface area contributed by atoms with Crippen LogP contribution in [0.2, 0.25) is 0 Å². The van der Waals surface area contributed by atoms with E-state index in [1.165, 1.54) is 16.1 Å². The third kappa shape index (κ3) is 5.53. The van der Waals surface area contributed by atoms with Crippen LogP contribution in [0, 0.1) is 11.3 Å². The number of rotatable bonds is 11. The third-order valence-electron chi connectivity index (χ3n) is 6.15. The summed E-state index contributed by atoms with van der Waals surface area (Å²) in [5, 5.41) is 13.1. The minimum Gasteiger partial charge on any atom is -0.337 e. The van der Waals surface area contributed by atoms with Crippen LogP contribution in [0.3, 0.4) is 0 Å². The van der Waals surface area contributed by atoms with E-state index in [0.29, 0.717) is 36.6 Å². The highest BCUT2D eigenvalue weighted by Crippen LogP contribution is 2.30. The van der Waals surface area contributed by atoms with E-state index >= 15 is 0 Å². The Bertz CT molecular complexity index is 1130. The lowest BCUT2D eigenvalue weighted by atomic mass is 10.0. The number of unbranched alkanes of at least 4 members (excludes halogenated alkanes) is 1. The number of hydrogen-bond acceptors (Lipinski definition) is 6. The molecule has 0 radical (unpaired) electrons. The van der Waals surface area contributed by atoms with Gasteiger partial charge < -0.3 is 9.88 Å². The Balaban J connectivity index is 1.86. The number of nitrogens with one attached hydrogen (secondary N) is 1. The fraction of sp³-hybridized carbons (Fsp3) is 0.609. The molecule has 1 saturated carbocycles. The van der Waals surface area contributed by atoms with Crippen molar-refractivity contribution >= 4 is 38.7 Å². The summed E-state index contributed by atoms with van der Waals surface area (Å²) in [6.45, 7) is 7.30. The molecule has 1 aromatic heterocycles. The molecule has 33 heavy (non-hydrogen) atoms. The number of amides is 1. The molecule has 3 rings (SSSR count). The zero-order valence-electron chi connectivity index (χ0n) is 19.6. The van der Waals surface area contributed by atoms with Crippen LogP contribution in [-0.2, 0) is 21.4 Å². The first-order valence-electron chi connectivity index (χ1n) is 11.7. The molecule has 10 heteroatoms. The van der Waals surface area contributed by atoms with Gasteiger partial charge in [-0.1, -0.05) is 39.0 Å². The number of aryl methyl sites for hydroxylation is 1. The molecule has 0 bridgehead atoms. The average molecular weight is 492 g/mol. The van der Waals surface area contributed by atoms with Crippen molar-refractivity contribution in [3.05, 3.63) is 18.2 Å². The van der Waals surface area contributed by atoms with Crippen molar-refractivity contribution < 1.29 is 13.2 Å². The quantitative estimate of drug-likeness (QED) is 0.478. The lowest BCUT2D eigenvalue weighted by molar-refractivity contribution is -0.119. The number of carbonyl (C=O) groups excluding carboxylic acids is 1. The van der Waals surface area contributed by atoms with Gasteiger partial charge in [0.1, 0.15) is 5.54 Å². The monoisotopic (exact) mass is 491 g/mol. The second-order valence-corrected chi connectivity index (χ2v) is 11.3. The maximum Gasteiger partial charge on any atom is 0.243 e. The summed E-state index contributed by atoms with van der Waals surface area (Å²) < 4.78 is 29.4. The van der Waals surface area contributed by atoms with Gasteiger partial charge in [-0.05, 0) is 50.3 Å². The molecule has 0 atom stereocenters. The molecule has 1 fully saturated rings. The zero-order valence-corrected chi connectivity index (χ0v) is 21.3. The number of hydrogen-bond donors (Lipinski definition) is 1. The maximum absolute atomic E-state index is 12.9. The first-order chi connectivity index (χ1) is 15.8. The van der Waals surface area contributed by atoms with Gasteiger partial charge in [0.25, 0.3) is 0 Å². The van der Waals surface area contributed by atoms with Gasteiger partial charge in [-0.25, -0.2) is 13.4 Å². The van der Waals surface area contributed by atoms with E-state index in [1.807, 2.05) is 19.9 Å². The summed E-state index contributed by atoms with van der Waals surface area (Å²) in [5.41, 5.74) is 0.717. The Morgan fingerprint density at radius 1 is 1.27 bits per heavy atom. The van der Waals surface area contributed by atoms with Gasteiger partial charge in [0, 0.05) is 19.6 Å². The maximum atomic E-state index is 12.9. The lowest BCUT2D eigenvalue weighted by Crippen LogP contribution is -2.45. The van der Waals surface area contributed by atoms with Crippen molar-refractivity contribution in [3.8, 4) is 6.07 Å². The largest absolute Gasteiger partial charge is 0.337 e. The predicted molar refractivity (Wildman–Crippen MR) is 130 cm³/mol. The van der Waals surface area contributed by atoms with Crippen LogP contribution in [0.15, 0.2) is 28.3 Å². The number of carbonyl (C=O) groups is 1. The van der Waals surface area contributed by atoms with Crippen molar-refractivity contribution in [3.63, 3.8) is 0 Å². The average Bonchev–Trinajstić information content (AvgIpc) is 3.41. The summed E-state index contributed by atoms with van der Waals surface area (Å²) in [7, 11) is -3.58. The molecule has 0 spiro atoms. The predicted octanol–water partition coefficient (Wildman–Crippen LogP) is 3.91. The van der Waals surface area contributed by atoms with Crippen LogP contribution in [0.4, 0.5) is 0 Å². The normalized spacial score (nSPS) is 15.7. The van der Waals surface area contributed by atoms with Crippen molar-refractivity contribution in [1.29, 1.82) is 5.26 Å². The Labute approximate surface area is 200 Å². The molecule has 1 N–H and O–H groups in total. The van der Waals surface area contributed by atoms with Crippen LogP contribution in [-0.4, -0.2) is 52.6 Å². The van der Waals surface area contributed by atoms with Gasteiger partial charge in [-0.2, -0.15) is 9.57 Å². The van der Waals surface area contributed by atoms with Crippen molar-refractivity contribution in [2.45, 2.75) is 81.4 Å². The van der Waals surface area contributed by atoms with Gasteiger partial charge in [0.05, 0.1) is 27.8 Å². The summed E-state index contributed by atoms with van der Waals surface area (Å²) in [4.78, 5) is 17.5. The first kappa shape index (κ1) is 25.5. The fourth-order valence-corrected chi connectivity index (χ4v) is 6.60. The van der Waals surface area contributed by atoms with Crippen LogP contribution in [0.5, 0.6) is 0 Å². The molecule has 180 valence electrons. The first-order valence-corrected chi connectivity index (χ1v) is 14.1. The van der Waals surface area contributed by atoms with E-state index in [1.54, 1.807) is 12.1 Å². The van der Waals surface area contributed by atoms with E-state index in [-0.39, 0.29) is 16.6 Å². The number of nitriles is 1. The number of sulfonamides is 1. The highest BCUT2D eigenvalue weighted by molar-refractivity contribution is 7.99. The molecular formula is C23H33N5O3S2. The topological polar surface area (TPSA) is 108 Å². The van der Waals surface area contributed by atoms with Gasteiger partial charge in [0.2, 0.25) is 15.9 Å². The summed E-state index contributed by atoms with van der Waals surface area (Å²) in [6.07, 6.45) is 5.24. The SMILES string of the molecule is CCCCn1c(SCC(=O)NC2(C#N)CCCC2)nc2cc(S(=O)(=O)N(CC)CC)ccc21. The van der Waals surface area contributed by atoms with Crippen molar-refractivity contribution in [2.75, 3.05) is 18.8 Å². The van der Waals surface area contributed by atoms with E-state index in [0.717, 1.165) is 37.7 Å². The minimum absolute atomic E-state index is 0.156. The number of nitrogens with zero attached hydrogens (tertiary/aromatic N) is 4. The van der Waals surface area contributed by atoms with Gasteiger partial charge in [-0.15, -0.1) is 0 Å². The van der Waals surface area contributed by atoms with Gasteiger partial charge in [0.15, 0.2) is 5.16 Å². The summed E-state index contributed by atoms with van der Waals surface area (Å²) in [5.74, 6) is -0.0222. The van der Waals surface area contributed by atoms with Crippen LogP contribution < -0.4 is 5.32 Å². The number of fused-ring (bicyclic) bond motifs is 1. The molecule has 1 aliphatic rings. The number of thioether (sulfide) groups is 1. The summed E-state index contributed by atoms with van der Waals surface area (Å²) >= 11 is 1.32. The van der Waals surface area contributed by atoms with Gasteiger partial charge >= 0.3 is 0 Å². The molecule has 1 aliphatic carbocycles. The second kappa shape index (κ2) is 10.9. The number of benzene rings is 1. The Hall–Kier alpha value is -2.09. The van der Waals surface area contributed by atoms with E-state index in [4.69, 9.17) is 0 Å². The molecule has 8 nitrogen and oxygen atoms in total. The highest BCUT2D eigenvalue weighted by atomic mass is 32.2. The molecule has 0 aliphatic heterocycles. The van der Waals surface area contributed by atoms with Gasteiger partial charge in [-0.3, -0.25) is 4.79 Å². The Morgan fingerprint density at radius 3 is 2.58 bits per heavy atom. The van der Waals surface area contributed by atoms with Crippen molar-refractivity contribution in [1.82, 2.24) is 19.2 Å². The smallest absolute Gasteiger partial charge is 0.243 e. The second-order valence-electron chi connectivity index (χ2n) is 8.38. The third-order valence-corrected chi connectivity index (χ3v) is 9.17. The lowest BCUT2D eigenvalue weighted by Gasteiger charge is -2.21. The van der Waals surface area contributed by atoms with Crippen LogP contribution >= 0.6 is 11.8 Å². The van der Waals surface area contributed by atoms with E-state index in [9.17, 15) is 18.5 Å². The van der Waals surface area contributed by atoms with E-state index in [2.05, 4.69) is 27.9 Å². The number of aromatic nitrogens is 2. The van der Waals surface area contributed by atoms with Crippen LogP contribution in [0.25, 0.3) is 11.0 Å². The van der Waals surface area contributed by atoms with Crippen LogP contribution in [0.1, 0.15) is 59.3 Å².